The summed E-state index contributed by atoms with van der Waals surface area (Å²) >= 11 is 11.7. The topological polar surface area (TPSA) is 58.2 Å². The van der Waals surface area contributed by atoms with Gasteiger partial charge in [-0.3, -0.25) is 9.59 Å². The van der Waals surface area contributed by atoms with Crippen molar-refractivity contribution >= 4 is 46.4 Å². The van der Waals surface area contributed by atoms with Gasteiger partial charge in [-0.2, -0.15) is 13.2 Å². The summed E-state index contributed by atoms with van der Waals surface area (Å²) in [4.78, 5) is 23.0. The Morgan fingerprint density at radius 2 is 1.54 bits per heavy atom. The van der Waals surface area contributed by atoms with Gasteiger partial charge in [-0.05, 0) is 36.4 Å². The summed E-state index contributed by atoms with van der Waals surface area (Å²) in [5, 5.41) is 4.65. The number of benzene rings is 2. The monoisotopic (exact) mass is 376 g/mol. The van der Waals surface area contributed by atoms with Crippen molar-refractivity contribution in [2.24, 2.45) is 0 Å². The maximum Gasteiger partial charge on any atom is 0.471 e. The zero-order valence-corrected chi connectivity index (χ0v) is 13.3. The van der Waals surface area contributed by atoms with E-state index in [1.165, 1.54) is 42.5 Å². The number of anilines is 2. The number of carbonyl (C=O) groups is 2. The zero-order chi connectivity index (χ0) is 17.9. The first-order valence-electron chi connectivity index (χ1n) is 6.41. The maximum absolute atomic E-state index is 12.2. The lowest BCUT2D eigenvalue weighted by Crippen LogP contribution is -2.29. The van der Waals surface area contributed by atoms with Gasteiger partial charge < -0.3 is 10.6 Å². The van der Waals surface area contributed by atoms with Gasteiger partial charge in [0.25, 0.3) is 5.91 Å². The average molecular weight is 377 g/mol. The molecule has 0 aliphatic carbocycles. The van der Waals surface area contributed by atoms with Crippen LogP contribution in [0.1, 0.15) is 10.4 Å². The van der Waals surface area contributed by atoms with Gasteiger partial charge >= 0.3 is 12.1 Å². The number of carbonyl (C=O) groups excluding carboxylic acids is 2. The Labute approximate surface area is 144 Å². The summed E-state index contributed by atoms with van der Waals surface area (Å²) in [6.07, 6.45) is -5.00. The minimum Gasteiger partial charge on any atom is -0.322 e. The Balaban J connectivity index is 2.14. The van der Waals surface area contributed by atoms with Crippen LogP contribution < -0.4 is 10.6 Å². The highest BCUT2D eigenvalue weighted by Crippen LogP contribution is 2.24. The molecule has 4 nitrogen and oxygen atoms in total. The van der Waals surface area contributed by atoms with Gasteiger partial charge in [-0.15, -0.1) is 0 Å². The summed E-state index contributed by atoms with van der Waals surface area (Å²) < 4.78 is 36.7. The fourth-order valence-corrected chi connectivity index (χ4v) is 2.24. The van der Waals surface area contributed by atoms with E-state index < -0.39 is 18.0 Å². The molecular formula is C15H9Cl2F3N2O2. The number of nitrogens with one attached hydrogen (secondary N) is 2. The summed E-state index contributed by atoms with van der Waals surface area (Å²) in [6, 6.07) is 9.55. The van der Waals surface area contributed by atoms with Crippen LogP contribution in [0.3, 0.4) is 0 Å². The van der Waals surface area contributed by atoms with E-state index in [2.05, 4.69) is 5.32 Å². The van der Waals surface area contributed by atoms with Gasteiger partial charge in [0, 0.05) is 16.4 Å². The molecule has 2 amide bonds. The second-order valence-corrected chi connectivity index (χ2v) is 5.45. The van der Waals surface area contributed by atoms with Crippen molar-refractivity contribution in [1.29, 1.82) is 0 Å². The first kappa shape index (κ1) is 18.1. The number of hydrogen-bond donors (Lipinski definition) is 2. The van der Waals surface area contributed by atoms with Gasteiger partial charge in [-0.25, -0.2) is 0 Å². The van der Waals surface area contributed by atoms with E-state index in [0.717, 1.165) is 0 Å². The highest BCUT2D eigenvalue weighted by Gasteiger charge is 2.38. The number of rotatable bonds is 3. The van der Waals surface area contributed by atoms with Gasteiger partial charge in [-0.1, -0.05) is 29.3 Å². The molecule has 0 saturated heterocycles. The van der Waals surface area contributed by atoms with E-state index in [1.54, 1.807) is 5.32 Å². The SMILES string of the molecule is O=C(Nc1cccc(NC(=O)C(F)(F)F)c1)c1ccc(Cl)cc1Cl. The molecule has 0 unspecified atom stereocenters. The smallest absolute Gasteiger partial charge is 0.322 e. The second-order valence-electron chi connectivity index (χ2n) is 4.61. The fourth-order valence-electron chi connectivity index (χ4n) is 1.75. The number of amides is 2. The van der Waals surface area contributed by atoms with E-state index in [1.807, 2.05) is 0 Å². The first-order valence-corrected chi connectivity index (χ1v) is 7.17. The standard InChI is InChI=1S/C15H9Cl2F3N2O2/c16-8-4-5-11(12(17)6-8)13(23)21-9-2-1-3-10(7-9)22-14(24)15(18,19)20/h1-7H,(H,21,23)(H,22,24). The van der Waals surface area contributed by atoms with Crippen molar-refractivity contribution in [2.75, 3.05) is 10.6 Å². The van der Waals surface area contributed by atoms with Crippen LogP contribution in [-0.4, -0.2) is 18.0 Å². The molecule has 0 aromatic heterocycles. The highest BCUT2D eigenvalue weighted by molar-refractivity contribution is 6.37. The van der Waals surface area contributed by atoms with Gasteiger partial charge in [0.2, 0.25) is 0 Å². The van der Waals surface area contributed by atoms with Crippen LogP contribution in [-0.2, 0) is 4.79 Å². The maximum atomic E-state index is 12.2. The lowest BCUT2D eigenvalue weighted by molar-refractivity contribution is -0.167. The lowest BCUT2D eigenvalue weighted by Gasteiger charge is -2.11. The van der Waals surface area contributed by atoms with E-state index in [9.17, 15) is 22.8 Å². The van der Waals surface area contributed by atoms with Crippen molar-refractivity contribution in [2.45, 2.75) is 6.18 Å². The van der Waals surface area contributed by atoms with Crippen LogP contribution >= 0.6 is 23.2 Å². The van der Waals surface area contributed by atoms with Crippen LogP contribution in [0, 0.1) is 0 Å². The number of hydrogen-bond acceptors (Lipinski definition) is 2. The van der Waals surface area contributed by atoms with Crippen LogP contribution in [0.2, 0.25) is 10.0 Å². The molecule has 0 spiro atoms. The minimum absolute atomic E-state index is 0.114. The quantitative estimate of drug-likeness (QED) is 0.812. The molecule has 9 heteroatoms. The van der Waals surface area contributed by atoms with Crippen molar-refractivity contribution in [1.82, 2.24) is 0 Å². The normalized spacial score (nSPS) is 11.0. The molecule has 0 bridgehead atoms. The van der Waals surface area contributed by atoms with E-state index in [4.69, 9.17) is 23.2 Å². The third kappa shape index (κ3) is 4.62. The molecule has 0 saturated carbocycles. The van der Waals surface area contributed by atoms with E-state index >= 15 is 0 Å². The Morgan fingerprint density at radius 1 is 0.917 bits per heavy atom. The molecule has 2 rings (SSSR count). The molecule has 0 aliphatic heterocycles. The molecule has 24 heavy (non-hydrogen) atoms. The zero-order valence-electron chi connectivity index (χ0n) is 11.7. The Bertz CT molecular complexity index is 795. The Kier molecular flexibility index (Phi) is 5.36. The Hall–Kier alpha value is -2.25. The highest BCUT2D eigenvalue weighted by atomic mass is 35.5. The van der Waals surface area contributed by atoms with Crippen molar-refractivity contribution in [3.05, 3.63) is 58.1 Å². The summed E-state index contributed by atoms with van der Waals surface area (Å²) in [5.41, 5.74) is 0.217. The first-order chi connectivity index (χ1) is 11.2. The molecule has 0 radical (unpaired) electrons. The summed E-state index contributed by atoms with van der Waals surface area (Å²) in [5.74, 6) is -2.68. The van der Waals surface area contributed by atoms with Crippen LogP contribution in [0.4, 0.5) is 24.5 Å². The van der Waals surface area contributed by atoms with E-state index in [-0.39, 0.29) is 22.0 Å². The molecular weight excluding hydrogens is 368 g/mol. The van der Waals surface area contributed by atoms with Gasteiger partial charge in [0.1, 0.15) is 0 Å². The molecule has 0 aliphatic rings. The summed E-state index contributed by atoms with van der Waals surface area (Å²) in [6.45, 7) is 0. The molecule has 0 atom stereocenters. The van der Waals surface area contributed by atoms with Crippen molar-refractivity contribution in [3.63, 3.8) is 0 Å². The molecule has 0 heterocycles. The summed E-state index contributed by atoms with van der Waals surface area (Å²) in [7, 11) is 0. The molecule has 2 aromatic carbocycles. The number of halogens is 5. The largest absolute Gasteiger partial charge is 0.471 e. The van der Waals surface area contributed by atoms with Crippen LogP contribution in [0.15, 0.2) is 42.5 Å². The third-order valence-corrected chi connectivity index (χ3v) is 3.36. The third-order valence-electron chi connectivity index (χ3n) is 2.81. The molecule has 2 N–H and O–H groups in total. The molecule has 126 valence electrons. The van der Waals surface area contributed by atoms with Gasteiger partial charge in [0.05, 0.1) is 10.6 Å². The number of alkyl halides is 3. The minimum atomic E-state index is -5.00. The molecule has 2 aromatic rings. The fraction of sp³-hybridized carbons (Fsp3) is 0.0667. The average Bonchev–Trinajstić information content (AvgIpc) is 2.46. The Morgan fingerprint density at radius 3 is 2.12 bits per heavy atom. The predicted octanol–water partition coefficient (Wildman–Crippen LogP) is 4.75. The van der Waals surface area contributed by atoms with Crippen LogP contribution in [0.25, 0.3) is 0 Å². The van der Waals surface area contributed by atoms with Crippen LogP contribution in [0.5, 0.6) is 0 Å². The predicted molar refractivity (Wildman–Crippen MR) is 85.5 cm³/mol. The van der Waals surface area contributed by atoms with Gasteiger partial charge in [0.15, 0.2) is 0 Å². The lowest BCUT2D eigenvalue weighted by atomic mass is 10.2. The van der Waals surface area contributed by atoms with Crippen molar-refractivity contribution < 1.29 is 22.8 Å². The van der Waals surface area contributed by atoms with Crippen molar-refractivity contribution in [3.8, 4) is 0 Å². The molecule has 0 fully saturated rings. The second kappa shape index (κ2) is 7.11. The van der Waals surface area contributed by atoms with E-state index in [0.29, 0.717) is 5.02 Å².